The number of nitrogens with one attached hydrogen (secondary N) is 1. The fourth-order valence-corrected chi connectivity index (χ4v) is 7.13. The lowest BCUT2D eigenvalue weighted by atomic mass is 10.0. The van der Waals surface area contributed by atoms with Crippen molar-refractivity contribution in [2.75, 3.05) is 25.4 Å². The van der Waals surface area contributed by atoms with Crippen LogP contribution in [0.2, 0.25) is 0 Å². The standard InChI is InChI=1S/C19H24N4O3S2/c20-13-15-5-4-10-23(15)18(24)17-14-27-19(21-17)8-11-22(12-9-19)28(25,26)16-6-2-1-3-7-16/h1-3,6-7,15,17,21H,4-5,8-12,14H2/t15-,17-/m0/s1. The predicted molar refractivity (Wildman–Crippen MR) is 107 cm³/mol. The molecule has 0 unspecified atom stereocenters. The third kappa shape index (κ3) is 3.54. The molecule has 3 heterocycles. The van der Waals surface area contributed by atoms with E-state index in [0.29, 0.717) is 43.1 Å². The molecule has 0 aliphatic carbocycles. The Morgan fingerprint density at radius 1 is 1.21 bits per heavy atom. The van der Waals surface area contributed by atoms with Crippen molar-refractivity contribution in [1.29, 1.82) is 5.26 Å². The molecule has 4 rings (SSSR count). The molecule has 2 atom stereocenters. The van der Waals surface area contributed by atoms with Gasteiger partial charge in [-0.2, -0.15) is 9.57 Å². The van der Waals surface area contributed by atoms with Gasteiger partial charge in [0.2, 0.25) is 15.9 Å². The lowest BCUT2D eigenvalue weighted by Gasteiger charge is -2.38. The molecule has 0 bridgehead atoms. The van der Waals surface area contributed by atoms with Crippen LogP contribution >= 0.6 is 11.8 Å². The molecule has 7 nitrogen and oxygen atoms in total. The topological polar surface area (TPSA) is 93.5 Å². The van der Waals surface area contributed by atoms with Crippen molar-refractivity contribution in [3.63, 3.8) is 0 Å². The molecule has 28 heavy (non-hydrogen) atoms. The summed E-state index contributed by atoms with van der Waals surface area (Å²) in [5.74, 6) is 0.673. The lowest BCUT2D eigenvalue weighted by Crippen LogP contribution is -2.55. The van der Waals surface area contributed by atoms with Gasteiger partial charge in [-0.15, -0.1) is 11.8 Å². The minimum atomic E-state index is -3.48. The summed E-state index contributed by atoms with van der Waals surface area (Å²) in [6.45, 7) is 1.52. The minimum absolute atomic E-state index is 0.00719. The summed E-state index contributed by atoms with van der Waals surface area (Å²) >= 11 is 1.72. The fraction of sp³-hybridized carbons (Fsp3) is 0.579. The number of thioether (sulfide) groups is 1. The van der Waals surface area contributed by atoms with E-state index in [1.807, 2.05) is 0 Å². The Kier molecular flexibility index (Phi) is 5.40. The maximum Gasteiger partial charge on any atom is 0.243 e. The molecule has 1 aromatic carbocycles. The molecule has 150 valence electrons. The molecule has 3 aliphatic heterocycles. The smallest absolute Gasteiger partial charge is 0.243 e. The van der Waals surface area contributed by atoms with E-state index in [0.717, 1.165) is 12.8 Å². The normalized spacial score (nSPS) is 27.8. The van der Waals surface area contributed by atoms with E-state index in [1.54, 1.807) is 47.0 Å². The molecule has 9 heteroatoms. The van der Waals surface area contributed by atoms with Gasteiger partial charge < -0.3 is 4.90 Å². The maximum absolute atomic E-state index is 12.8. The number of sulfonamides is 1. The SMILES string of the molecule is N#C[C@@H]1CCCN1C(=O)[C@@H]1CSC2(CCN(S(=O)(=O)c3ccccc3)CC2)N1. The zero-order chi connectivity index (χ0) is 19.8. The summed E-state index contributed by atoms with van der Waals surface area (Å²) < 4.78 is 27.2. The van der Waals surface area contributed by atoms with Gasteiger partial charge in [-0.3, -0.25) is 10.1 Å². The molecule has 3 aliphatic rings. The summed E-state index contributed by atoms with van der Waals surface area (Å²) in [4.78, 5) is 14.6. The number of piperidine rings is 1. The molecule has 1 amide bonds. The number of carbonyl (C=O) groups excluding carboxylic acids is 1. The Morgan fingerprint density at radius 2 is 1.93 bits per heavy atom. The maximum atomic E-state index is 12.8. The predicted octanol–water partition coefficient (Wildman–Crippen LogP) is 1.39. The molecular formula is C19H24N4O3S2. The van der Waals surface area contributed by atoms with Crippen molar-refractivity contribution in [2.24, 2.45) is 0 Å². The van der Waals surface area contributed by atoms with Crippen LogP contribution in [-0.2, 0) is 14.8 Å². The van der Waals surface area contributed by atoms with E-state index in [9.17, 15) is 18.5 Å². The van der Waals surface area contributed by atoms with E-state index in [1.165, 1.54) is 4.31 Å². The number of hydrogen-bond donors (Lipinski definition) is 1. The molecule has 3 fully saturated rings. The van der Waals surface area contributed by atoms with Crippen molar-refractivity contribution >= 4 is 27.7 Å². The number of hydrogen-bond acceptors (Lipinski definition) is 6. The summed E-state index contributed by atoms with van der Waals surface area (Å²) in [7, 11) is -3.48. The summed E-state index contributed by atoms with van der Waals surface area (Å²) in [5, 5.41) is 12.7. The van der Waals surface area contributed by atoms with Gasteiger partial charge >= 0.3 is 0 Å². The van der Waals surface area contributed by atoms with Crippen LogP contribution in [0, 0.1) is 11.3 Å². The molecular weight excluding hydrogens is 396 g/mol. The second-order valence-electron chi connectivity index (χ2n) is 7.54. The Hall–Kier alpha value is -1.60. The monoisotopic (exact) mass is 420 g/mol. The first-order valence-electron chi connectivity index (χ1n) is 9.62. The first-order valence-corrected chi connectivity index (χ1v) is 12.0. The largest absolute Gasteiger partial charge is 0.325 e. The number of nitrogens with zero attached hydrogens (tertiary/aromatic N) is 3. The van der Waals surface area contributed by atoms with Crippen LogP contribution in [0.15, 0.2) is 35.2 Å². The van der Waals surface area contributed by atoms with Crippen LogP contribution in [0.5, 0.6) is 0 Å². The average molecular weight is 421 g/mol. The zero-order valence-electron chi connectivity index (χ0n) is 15.6. The van der Waals surface area contributed by atoms with Gasteiger partial charge in [0.1, 0.15) is 6.04 Å². The first-order chi connectivity index (χ1) is 13.5. The minimum Gasteiger partial charge on any atom is -0.325 e. The van der Waals surface area contributed by atoms with Crippen molar-refractivity contribution in [3.8, 4) is 6.07 Å². The number of amides is 1. The summed E-state index contributed by atoms with van der Waals surface area (Å²) in [6.07, 6.45) is 2.95. The highest BCUT2D eigenvalue weighted by molar-refractivity contribution is 8.01. The average Bonchev–Trinajstić information content (AvgIpc) is 3.36. The van der Waals surface area contributed by atoms with Crippen molar-refractivity contribution in [2.45, 2.75) is 47.5 Å². The third-order valence-corrected chi connectivity index (χ3v) is 9.35. The third-order valence-electron chi connectivity index (χ3n) is 5.86. The summed E-state index contributed by atoms with van der Waals surface area (Å²) in [5.41, 5.74) is 0. The molecule has 0 saturated carbocycles. The van der Waals surface area contributed by atoms with Crippen molar-refractivity contribution < 1.29 is 13.2 Å². The van der Waals surface area contributed by atoms with Crippen LogP contribution < -0.4 is 5.32 Å². The second-order valence-corrected chi connectivity index (χ2v) is 10.9. The van der Waals surface area contributed by atoms with Crippen molar-refractivity contribution in [3.05, 3.63) is 30.3 Å². The highest BCUT2D eigenvalue weighted by atomic mass is 32.2. The molecule has 3 saturated heterocycles. The molecule has 1 aromatic rings. The van der Waals surface area contributed by atoms with Gasteiger partial charge in [0, 0.05) is 25.4 Å². The highest BCUT2D eigenvalue weighted by Gasteiger charge is 2.47. The fourth-order valence-electron chi connectivity index (χ4n) is 4.26. The van der Waals surface area contributed by atoms with Crippen LogP contribution in [0.4, 0.5) is 0 Å². The Labute approximate surface area is 170 Å². The van der Waals surface area contributed by atoms with E-state index >= 15 is 0 Å². The van der Waals surface area contributed by atoms with Crippen LogP contribution in [0.3, 0.4) is 0 Å². The summed E-state index contributed by atoms with van der Waals surface area (Å²) in [6, 6.07) is 10.1. The van der Waals surface area contributed by atoms with E-state index in [-0.39, 0.29) is 22.9 Å². The zero-order valence-corrected chi connectivity index (χ0v) is 17.2. The van der Waals surface area contributed by atoms with Crippen LogP contribution in [-0.4, -0.2) is 65.9 Å². The van der Waals surface area contributed by atoms with Crippen LogP contribution in [0.1, 0.15) is 25.7 Å². The number of nitriles is 1. The highest BCUT2D eigenvalue weighted by Crippen LogP contribution is 2.40. The molecule has 1 N–H and O–H groups in total. The Morgan fingerprint density at radius 3 is 2.61 bits per heavy atom. The van der Waals surface area contributed by atoms with E-state index < -0.39 is 10.0 Å². The van der Waals surface area contributed by atoms with Crippen LogP contribution in [0.25, 0.3) is 0 Å². The van der Waals surface area contributed by atoms with Crippen molar-refractivity contribution in [1.82, 2.24) is 14.5 Å². The van der Waals surface area contributed by atoms with Gasteiger partial charge in [0.15, 0.2) is 0 Å². The second kappa shape index (κ2) is 7.67. The van der Waals surface area contributed by atoms with Gasteiger partial charge in [-0.25, -0.2) is 8.42 Å². The van der Waals surface area contributed by atoms with Gasteiger partial charge in [-0.1, -0.05) is 18.2 Å². The van der Waals surface area contributed by atoms with Gasteiger partial charge in [-0.05, 0) is 37.8 Å². The number of benzene rings is 1. The molecule has 0 radical (unpaired) electrons. The first kappa shape index (κ1) is 19.7. The number of rotatable bonds is 3. The lowest BCUT2D eigenvalue weighted by molar-refractivity contribution is -0.133. The van der Waals surface area contributed by atoms with Gasteiger partial charge in [0.25, 0.3) is 0 Å². The molecule has 0 aromatic heterocycles. The Balaban J connectivity index is 1.39. The number of likely N-dealkylation sites (tertiary alicyclic amines) is 1. The van der Waals surface area contributed by atoms with Gasteiger partial charge in [0.05, 0.1) is 21.9 Å². The van der Waals surface area contributed by atoms with E-state index in [4.69, 9.17) is 0 Å². The Bertz CT molecular complexity index is 876. The quantitative estimate of drug-likeness (QED) is 0.794. The van der Waals surface area contributed by atoms with E-state index in [2.05, 4.69) is 11.4 Å². The molecule has 1 spiro atoms. The number of carbonyl (C=O) groups is 1.